The number of fused-ring (bicyclic) bond motifs is 1. The van der Waals surface area contributed by atoms with Gasteiger partial charge < -0.3 is 23.6 Å². The number of carbonyl (C=O) groups excluding carboxylic acids is 2. The van der Waals surface area contributed by atoms with Crippen LogP contribution in [0.5, 0.6) is 11.5 Å². The van der Waals surface area contributed by atoms with E-state index in [4.69, 9.17) is 18.7 Å². The summed E-state index contributed by atoms with van der Waals surface area (Å²) in [6.07, 6.45) is 1.81. The van der Waals surface area contributed by atoms with Crippen LogP contribution in [0.15, 0.2) is 47.0 Å². The first kappa shape index (κ1) is 22.4. The van der Waals surface area contributed by atoms with Gasteiger partial charge in [-0.25, -0.2) is 4.79 Å². The molecule has 0 N–H and O–H groups in total. The molecule has 172 valence electrons. The monoisotopic (exact) mass is 450 g/mol. The van der Waals surface area contributed by atoms with E-state index in [0.29, 0.717) is 23.8 Å². The zero-order valence-electron chi connectivity index (χ0n) is 18.9. The summed E-state index contributed by atoms with van der Waals surface area (Å²) in [7, 11) is 1.49. The molecule has 4 rings (SSSR count). The van der Waals surface area contributed by atoms with Crippen LogP contribution in [0.3, 0.4) is 0 Å². The number of hydrogen-bond donors (Lipinski definition) is 0. The smallest absolute Gasteiger partial charge is 0.338 e. The van der Waals surface area contributed by atoms with Gasteiger partial charge in [0, 0.05) is 12.2 Å². The first-order valence-corrected chi connectivity index (χ1v) is 10.8. The van der Waals surface area contributed by atoms with Gasteiger partial charge in [-0.3, -0.25) is 4.79 Å². The zero-order valence-corrected chi connectivity index (χ0v) is 18.9. The van der Waals surface area contributed by atoms with Gasteiger partial charge >= 0.3 is 5.97 Å². The number of ether oxygens (including phenoxy) is 3. The fraction of sp³-hybridized carbons (Fsp3) is 0.320. The third kappa shape index (κ3) is 4.84. The third-order valence-corrected chi connectivity index (χ3v) is 5.69. The van der Waals surface area contributed by atoms with E-state index in [1.807, 2.05) is 38.1 Å². The van der Waals surface area contributed by atoms with Crippen molar-refractivity contribution in [2.75, 3.05) is 25.2 Å². The van der Waals surface area contributed by atoms with Crippen molar-refractivity contribution in [3.63, 3.8) is 0 Å². The van der Waals surface area contributed by atoms with Crippen molar-refractivity contribution in [1.82, 2.24) is 5.16 Å². The molecule has 0 saturated carbocycles. The highest BCUT2D eigenvalue weighted by Gasteiger charge is 2.23. The molecule has 3 aromatic rings. The molecule has 0 fully saturated rings. The molecule has 0 radical (unpaired) electrons. The number of anilines is 1. The minimum Gasteiger partial charge on any atom is -0.493 e. The van der Waals surface area contributed by atoms with Crippen LogP contribution in [0.25, 0.3) is 0 Å². The van der Waals surface area contributed by atoms with Crippen LogP contribution in [0, 0.1) is 13.8 Å². The van der Waals surface area contributed by atoms with Crippen molar-refractivity contribution in [3.8, 4) is 11.5 Å². The molecule has 2 heterocycles. The van der Waals surface area contributed by atoms with E-state index in [9.17, 15) is 9.59 Å². The summed E-state index contributed by atoms with van der Waals surface area (Å²) in [5, 5.41) is 3.91. The molecule has 1 aliphatic heterocycles. The first-order valence-electron chi connectivity index (χ1n) is 10.8. The summed E-state index contributed by atoms with van der Waals surface area (Å²) in [6, 6.07) is 12.5. The Balaban J connectivity index is 1.39. The van der Waals surface area contributed by atoms with Crippen molar-refractivity contribution in [2.45, 2.75) is 33.3 Å². The molecule has 0 aliphatic carbocycles. The molecule has 0 spiro atoms. The Labute approximate surface area is 192 Å². The Kier molecular flexibility index (Phi) is 6.63. The molecular weight excluding hydrogens is 424 g/mol. The van der Waals surface area contributed by atoms with E-state index in [0.717, 1.165) is 35.3 Å². The topological polar surface area (TPSA) is 91.1 Å². The maximum Gasteiger partial charge on any atom is 0.338 e. The number of aromatic nitrogens is 1. The minimum atomic E-state index is -0.607. The van der Waals surface area contributed by atoms with E-state index < -0.39 is 5.97 Å². The molecule has 8 heteroatoms. The summed E-state index contributed by atoms with van der Waals surface area (Å²) in [5.41, 5.74) is 3.89. The van der Waals surface area contributed by atoms with Crippen LogP contribution in [-0.4, -0.2) is 37.3 Å². The van der Waals surface area contributed by atoms with Crippen molar-refractivity contribution < 1.29 is 28.3 Å². The predicted molar refractivity (Wildman–Crippen MR) is 121 cm³/mol. The van der Waals surface area contributed by atoms with Gasteiger partial charge in [-0.1, -0.05) is 23.4 Å². The summed E-state index contributed by atoms with van der Waals surface area (Å²) >= 11 is 0. The molecule has 0 unspecified atom stereocenters. The quantitative estimate of drug-likeness (QED) is 0.502. The van der Waals surface area contributed by atoms with Crippen LogP contribution in [-0.2, 0) is 22.6 Å². The maximum atomic E-state index is 12.7. The van der Waals surface area contributed by atoms with Gasteiger partial charge in [-0.05, 0) is 56.5 Å². The van der Waals surface area contributed by atoms with Gasteiger partial charge in [0.05, 0.1) is 23.9 Å². The van der Waals surface area contributed by atoms with E-state index in [1.165, 1.54) is 13.2 Å². The van der Waals surface area contributed by atoms with Crippen LogP contribution >= 0.6 is 0 Å². The second-order valence-electron chi connectivity index (χ2n) is 7.81. The number of amides is 1. The lowest BCUT2D eigenvalue weighted by Gasteiger charge is -2.29. The minimum absolute atomic E-state index is 0.248. The van der Waals surface area contributed by atoms with E-state index in [-0.39, 0.29) is 24.7 Å². The molecule has 1 amide bonds. The molecule has 8 nitrogen and oxygen atoms in total. The average molecular weight is 450 g/mol. The fourth-order valence-corrected chi connectivity index (χ4v) is 3.85. The number of carbonyl (C=O) groups is 2. The second kappa shape index (κ2) is 9.77. The number of benzene rings is 2. The number of methoxy groups -OCH3 is 1. The zero-order chi connectivity index (χ0) is 23.4. The van der Waals surface area contributed by atoms with E-state index in [1.54, 1.807) is 17.0 Å². The Morgan fingerprint density at radius 3 is 2.70 bits per heavy atom. The molecule has 0 atom stereocenters. The Bertz CT molecular complexity index is 1150. The van der Waals surface area contributed by atoms with Gasteiger partial charge in [-0.2, -0.15) is 0 Å². The number of para-hydroxylation sites is 1. The fourth-order valence-electron chi connectivity index (χ4n) is 3.85. The average Bonchev–Trinajstić information content (AvgIpc) is 3.17. The Morgan fingerprint density at radius 1 is 1.12 bits per heavy atom. The standard InChI is InChI=1S/C25H26N2O6/c1-16-20(17(2)33-26-16)14-31-22-11-10-19(13-23(22)30-3)25(29)32-15-24(28)27-12-6-8-18-7-4-5-9-21(18)27/h4-5,7,9-11,13H,6,8,12,14-15H2,1-3H3. The van der Waals surface area contributed by atoms with Crippen molar-refractivity contribution in [2.24, 2.45) is 0 Å². The summed E-state index contributed by atoms with van der Waals surface area (Å²) in [4.78, 5) is 27.0. The highest BCUT2D eigenvalue weighted by molar-refractivity contribution is 5.98. The molecule has 0 bridgehead atoms. The summed E-state index contributed by atoms with van der Waals surface area (Å²) in [6.45, 7) is 4.19. The van der Waals surface area contributed by atoms with Gasteiger partial charge in [0.1, 0.15) is 12.4 Å². The van der Waals surface area contributed by atoms with Crippen LogP contribution < -0.4 is 14.4 Å². The van der Waals surface area contributed by atoms with Gasteiger partial charge in [-0.15, -0.1) is 0 Å². The lowest BCUT2D eigenvalue weighted by Crippen LogP contribution is -2.38. The SMILES string of the molecule is COc1cc(C(=O)OCC(=O)N2CCCc3ccccc32)ccc1OCc1c(C)noc1C. The molecule has 1 aliphatic rings. The van der Waals surface area contributed by atoms with Crippen LogP contribution in [0.1, 0.15) is 39.4 Å². The second-order valence-corrected chi connectivity index (χ2v) is 7.81. The molecule has 2 aromatic carbocycles. The highest BCUT2D eigenvalue weighted by atomic mass is 16.5. The van der Waals surface area contributed by atoms with E-state index >= 15 is 0 Å². The normalized spacial score (nSPS) is 12.8. The summed E-state index contributed by atoms with van der Waals surface area (Å²) in [5.74, 6) is 0.682. The van der Waals surface area contributed by atoms with Crippen LogP contribution in [0.4, 0.5) is 5.69 Å². The number of hydrogen-bond acceptors (Lipinski definition) is 7. The number of esters is 1. The van der Waals surface area contributed by atoms with Gasteiger partial charge in [0.2, 0.25) is 0 Å². The molecular formula is C25H26N2O6. The Morgan fingerprint density at radius 2 is 1.94 bits per heavy atom. The van der Waals surface area contributed by atoms with Crippen molar-refractivity contribution in [3.05, 3.63) is 70.6 Å². The van der Waals surface area contributed by atoms with Crippen molar-refractivity contribution >= 4 is 17.6 Å². The van der Waals surface area contributed by atoms with Crippen molar-refractivity contribution in [1.29, 1.82) is 0 Å². The molecule has 33 heavy (non-hydrogen) atoms. The number of aryl methyl sites for hydroxylation is 3. The summed E-state index contributed by atoms with van der Waals surface area (Å²) < 4.78 is 21.7. The largest absolute Gasteiger partial charge is 0.493 e. The molecule has 1 aromatic heterocycles. The lowest BCUT2D eigenvalue weighted by molar-refractivity contribution is -0.121. The number of nitrogens with zero attached hydrogens (tertiary/aromatic N) is 2. The van der Waals surface area contributed by atoms with Gasteiger partial charge in [0.15, 0.2) is 18.1 Å². The number of rotatable bonds is 7. The molecule has 0 saturated heterocycles. The maximum absolute atomic E-state index is 12.7. The Hall–Kier alpha value is -3.81. The van der Waals surface area contributed by atoms with Crippen LogP contribution in [0.2, 0.25) is 0 Å². The first-order chi connectivity index (χ1) is 16.0. The highest BCUT2D eigenvalue weighted by Crippen LogP contribution is 2.30. The van der Waals surface area contributed by atoms with E-state index in [2.05, 4.69) is 5.16 Å². The predicted octanol–water partition coefficient (Wildman–Crippen LogP) is 4.02. The lowest BCUT2D eigenvalue weighted by atomic mass is 10.0. The van der Waals surface area contributed by atoms with Gasteiger partial charge in [0.25, 0.3) is 5.91 Å². The third-order valence-electron chi connectivity index (χ3n) is 5.69.